The second-order valence-electron chi connectivity index (χ2n) is 8.99. The van der Waals surface area contributed by atoms with Crippen LogP contribution >= 0.6 is 11.6 Å². The van der Waals surface area contributed by atoms with Crippen LogP contribution in [0.2, 0.25) is 5.02 Å². The smallest absolute Gasteiger partial charge is 0.228 e. The van der Waals surface area contributed by atoms with Crippen molar-refractivity contribution in [3.63, 3.8) is 0 Å². The maximum absolute atomic E-state index is 12.6. The fourth-order valence-electron chi connectivity index (χ4n) is 4.32. The van der Waals surface area contributed by atoms with E-state index in [1.165, 1.54) is 0 Å². The quantitative estimate of drug-likeness (QED) is 0.246. The predicted molar refractivity (Wildman–Crippen MR) is 152 cm³/mol. The number of nitrogens with zero attached hydrogens (tertiary/aromatic N) is 2. The molecule has 1 amide bonds. The van der Waals surface area contributed by atoms with Crippen LogP contribution in [0.1, 0.15) is 18.1 Å². The monoisotopic (exact) mass is 543 g/mol. The molecule has 0 bridgehead atoms. The first-order valence-corrected chi connectivity index (χ1v) is 14.3. The Hall–Kier alpha value is -3.94. The third-order valence-electron chi connectivity index (χ3n) is 6.35. The highest BCUT2D eigenvalue weighted by atomic mass is 35.5. The summed E-state index contributed by atoms with van der Waals surface area (Å²) in [5.74, 6) is 0.667. The lowest BCUT2D eigenvalue weighted by molar-refractivity contribution is -0.115. The molecule has 0 saturated carbocycles. The van der Waals surface area contributed by atoms with Crippen LogP contribution < -0.4 is 5.32 Å². The molecule has 1 aromatic heterocycles. The highest BCUT2D eigenvalue weighted by molar-refractivity contribution is 7.91. The zero-order valence-corrected chi connectivity index (χ0v) is 22.3. The minimum absolute atomic E-state index is 0.0408. The molecular weight excluding hydrogens is 518 g/mol. The number of benzene rings is 4. The topological polar surface area (TPSA) is 81.1 Å². The molecule has 5 rings (SSSR count). The zero-order chi connectivity index (χ0) is 26.7. The second kappa shape index (κ2) is 10.8. The molecule has 1 N–H and O–H groups in total. The summed E-state index contributed by atoms with van der Waals surface area (Å²) in [5, 5.41) is 3.54. The van der Waals surface area contributed by atoms with Gasteiger partial charge in [0.1, 0.15) is 5.82 Å². The number of fused-ring (bicyclic) bond motifs is 1. The Labute approximate surface area is 226 Å². The number of carbonyl (C=O) groups is 1. The van der Waals surface area contributed by atoms with Gasteiger partial charge in [-0.25, -0.2) is 13.4 Å². The van der Waals surface area contributed by atoms with E-state index >= 15 is 0 Å². The van der Waals surface area contributed by atoms with E-state index in [0.717, 1.165) is 33.5 Å². The third kappa shape index (κ3) is 5.64. The standard InChI is InChI=1S/C30H26ClN3O3S/c1-2-38(36,37)26-15-8-21(9-16-26)18-29(35)32-25-13-10-23(11-14-25)30-33-27-19-24(31)12-17-28(27)34(30)20-22-6-4-3-5-7-22/h3-17,19H,2,18,20H2,1H3,(H,32,35). The van der Waals surface area contributed by atoms with Crippen LogP contribution in [0.5, 0.6) is 0 Å². The van der Waals surface area contributed by atoms with Crippen LogP contribution in [0, 0.1) is 0 Å². The number of hydrogen-bond donors (Lipinski definition) is 1. The number of nitrogens with one attached hydrogen (secondary N) is 1. The molecule has 5 aromatic rings. The maximum atomic E-state index is 12.6. The van der Waals surface area contributed by atoms with Crippen molar-refractivity contribution in [2.45, 2.75) is 24.8 Å². The summed E-state index contributed by atoms with van der Waals surface area (Å²) in [6, 6.07) is 29.9. The zero-order valence-electron chi connectivity index (χ0n) is 20.8. The van der Waals surface area contributed by atoms with Gasteiger partial charge in [0.15, 0.2) is 9.84 Å². The van der Waals surface area contributed by atoms with Gasteiger partial charge in [0.05, 0.1) is 28.1 Å². The number of hydrogen-bond acceptors (Lipinski definition) is 4. The molecule has 4 aromatic carbocycles. The molecule has 0 aliphatic rings. The van der Waals surface area contributed by atoms with Gasteiger partial charge in [-0.05, 0) is 65.7 Å². The van der Waals surface area contributed by atoms with Crippen LogP contribution in [-0.4, -0.2) is 29.6 Å². The van der Waals surface area contributed by atoms with E-state index in [2.05, 4.69) is 22.0 Å². The largest absolute Gasteiger partial charge is 0.326 e. The molecule has 0 spiro atoms. The number of aromatic nitrogens is 2. The van der Waals surface area contributed by atoms with E-state index in [0.29, 0.717) is 17.3 Å². The predicted octanol–water partition coefficient (Wildman–Crippen LogP) is 6.38. The molecule has 38 heavy (non-hydrogen) atoms. The molecule has 0 saturated heterocycles. The van der Waals surface area contributed by atoms with Gasteiger partial charge in [0.2, 0.25) is 5.91 Å². The number of carbonyl (C=O) groups excluding carboxylic acids is 1. The minimum Gasteiger partial charge on any atom is -0.326 e. The molecule has 0 aliphatic carbocycles. The molecule has 0 aliphatic heterocycles. The Bertz CT molecular complexity index is 1700. The van der Waals surface area contributed by atoms with Crippen molar-refractivity contribution in [1.29, 1.82) is 0 Å². The number of sulfone groups is 1. The van der Waals surface area contributed by atoms with Crippen LogP contribution in [0.15, 0.2) is 102 Å². The number of imidazole rings is 1. The summed E-state index contributed by atoms with van der Waals surface area (Å²) in [6.45, 7) is 2.27. The molecule has 6 nitrogen and oxygen atoms in total. The van der Waals surface area contributed by atoms with E-state index in [1.807, 2.05) is 60.7 Å². The minimum atomic E-state index is -3.26. The molecule has 0 atom stereocenters. The lowest BCUT2D eigenvalue weighted by Gasteiger charge is -2.11. The molecule has 1 heterocycles. The normalized spacial score (nSPS) is 11.5. The van der Waals surface area contributed by atoms with Crippen LogP contribution in [0.3, 0.4) is 0 Å². The number of amides is 1. The first-order valence-electron chi connectivity index (χ1n) is 12.2. The molecule has 8 heteroatoms. The van der Waals surface area contributed by atoms with E-state index in [1.54, 1.807) is 31.2 Å². The van der Waals surface area contributed by atoms with Crippen LogP contribution in [-0.2, 0) is 27.6 Å². The summed E-state index contributed by atoms with van der Waals surface area (Å²) in [7, 11) is -3.26. The van der Waals surface area contributed by atoms with E-state index < -0.39 is 9.84 Å². The number of halogens is 1. The third-order valence-corrected chi connectivity index (χ3v) is 8.33. The number of rotatable bonds is 8. The Morgan fingerprint density at radius 3 is 2.29 bits per heavy atom. The Morgan fingerprint density at radius 2 is 1.61 bits per heavy atom. The second-order valence-corrected chi connectivity index (χ2v) is 11.7. The lowest BCUT2D eigenvalue weighted by atomic mass is 10.1. The highest BCUT2D eigenvalue weighted by Gasteiger charge is 2.15. The molecule has 0 unspecified atom stereocenters. The molecule has 0 fully saturated rings. The Balaban J connectivity index is 1.34. The average Bonchev–Trinajstić information content (AvgIpc) is 3.27. The summed E-state index contributed by atoms with van der Waals surface area (Å²) >= 11 is 6.23. The Morgan fingerprint density at radius 1 is 0.895 bits per heavy atom. The van der Waals surface area contributed by atoms with Gasteiger partial charge in [-0.2, -0.15) is 0 Å². The van der Waals surface area contributed by atoms with E-state index in [-0.39, 0.29) is 23.0 Å². The highest BCUT2D eigenvalue weighted by Crippen LogP contribution is 2.29. The maximum Gasteiger partial charge on any atom is 0.228 e. The number of anilines is 1. The summed E-state index contributed by atoms with van der Waals surface area (Å²) in [6.07, 6.45) is 0.141. The summed E-state index contributed by atoms with van der Waals surface area (Å²) in [4.78, 5) is 17.8. The summed E-state index contributed by atoms with van der Waals surface area (Å²) < 4.78 is 26.1. The van der Waals surface area contributed by atoms with Crippen molar-refractivity contribution < 1.29 is 13.2 Å². The van der Waals surface area contributed by atoms with E-state index in [4.69, 9.17) is 16.6 Å². The average molecular weight is 544 g/mol. The van der Waals surface area contributed by atoms with Gasteiger partial charge in [0.25, 0.3) is 0 Å². The Kier molecular flexibility index (Phi) is 7.31. The fraction of sp³-hybridized carbons (Fsp3) is 0.133. The first kappa shape index (κ1) is 25.7. The SMILES string of the molecule is CCS(=O)(=O)c1ccc(CC(=O)Nc2ccc(-c3nc4cc(Cl)ccc4n3Cc3ccccc3)cc2)cc1. The van der Waals surface area contributed by atoms with Gasteiger partial charge in [0, 0.05) is 22.8 Å². The van der Waals surface area contributed by atoms with Crippen molar-refractivity contribution in [1.82, 2.24) is 9.55 Å². The van der Waals surface area contributed by atoms with E-state index in [9.17, 15) is 13.2 Å². The lowest BCUT2D eigenvalue weighted by Crippen LogP contribution is -2.14. The van der Waals surface area contributed by atoms with Gasteiger partial charge in [-0.1, -0.05) is 61.0 Å². The van der Waals surface area contributed by atoms with Crippen molar-refractivity contribution in [3.05, 3.63) is 113 Å². The van der Waals surface area contributed by atoms with Gasteiger partial charge >= 0.3 is 0 Å². The molecular formula is C30H26ClN3O3S. The van der Waals surface area contributed by atoms with Gasteiger partial charge in [-0.3, -0.25) is 4.79 Å². The van der Waals surface area contributed by atoms with Crippen molar-refractivity contribution in [2.24, 2.45) is 0 Å². The van der Waals surface area contributed by atoms with Crippen LogP contribution in [0.25, 0.3) is 22.4 Å². The van der Waals surface area contributed by atoms with Crippen LogP contribution in [0.4, 0.5) is 5.69 Å². The summed E-state index contributed by atoms with van der Waals surface area (Å²) in [5.41, 5.74) is 5.29. The molecule has 0 radical (unpaired) electrons. The molecule has 192 valence electrons. The van der Waals surface area contributed by atoms with Gasteiger partial charge in [-0.15, -0.1) is 0 Å². The van der Waals surface area contributed by atoms with Crippen molar-refractivity contribution in [2.75, 3.05) is 11.1 Å². The van der Waals surface area contributed by atoms with Crippen molar-refractivity contribution in [3.8, 4) is 11.4 Å². The first-order chi connectivity index (χ1) is 18.3. The van der Waals surface area contributed by atoms with Crippen molar-refractivity contribution >= 4 is 44.1 Å². The van der Waals surface area contributed by atoms with Gasteiger partial charge < -0.3 is 9.88 Å². The fourth-order valence-corrected chi connectivity index (χ4v) is 5.37.